The summed E-state index contributed by atoms with van der Waals surface area (Å²) in [5.74, 6) is 0.206. The summed E-state index contributed by atoms with van der Waals surface area (Å²) in [6, 6.07) is 9.06. The molecule has 0 aliphatic rings. The number of pyridine rings is 2. The van der Waals surface area contributed by atoms with Crippen molar-refractivity contribution in [2.45, 2.75) is 6.92 Å². The molecule has 3 rings (SSSR count). The van der Waals surface area contributed by atoms with Crippen molar-refractivity contribution in [1.29, 1.82) is 0 Å². The fraction of sp³-hybridized carbons (Fsp3) is 0.105. The lowest BCUT2D eigenvalue weighted by atomic mass is 10.0. The Balaban J connectivity index is 2.01. The molecule has 0 atom stereocenters. The molecule has 0 spiro atoms. The summed E-state index contributed by atoms with van der Waals surface area (Å²) in [5.41, 5.74) is 2.29. The highest BCUT2D eigenvalue weighted by molar-refractivity contribution is 5.73. The Kier molecular flexibility index (Phi) is 4.61. The van der Waals surface area contributed by atoms with Crippen LogP contribution in [0.4, 0.5) is 20.4 Å². The highest BCUT2D eigenvalue weighted by Crippen LogP contribution is 2.33. The second kappa shape index (κ2) is 6.84. The van der Waals surface area contributed by atoms with Crippen LogP contribution in [0.15, 0.2) is 42.6 Å². The van der Waals surface area contributed by atoms with Crippen molar-refractivity contribution >= 4 is 11.6 Å². The first-order chi connectivity index (χ1) is 12.0. The van der Waals surface area contributed by atoms with Crippen LogP contribution in [-0.4, -0.2) is 17.1 Å². The maximum absolute atomic E-state index is 14.3. The van der Waals surface area contributed by atoms with Gasteiger partial charge in [-0.15, -0.1) is 0 Å². The Hall–Kier alpha value is -3.02. The number of aryl methyl sites for hydroxylation is 1. The summed E-state index contributed by atoms with van der Waals surface area (Å²) >= 11 is 0. The summed E-state index contributed by atoms with van der Waals surface area (Å²) < 4.78 is 32.8. The molecule has 2 heterocycles. The average molecular weight is 340 g/mol. The van der Waals surface area contributed by atoms with Gasteiger partial charge >= 0.3 is 0 Å². The van der Waals surface area contributed by atoms with E-state index < -0.39 is 11.6 Å². The number of nitrogens with one attached hydrogen (secondary N) is 1. The Morgan fingerprint density at radius 2 is 1.84 bits per heavy atom. The molecule has 0 bridgehead atoms. The highest BCUT2D eigenvalue weighted by atomic mass is 19.1. The maximum Gasteiger partial charge on any atom is 0.149 e. The number of rotatable bonds is 4. The van der Waals surface area contributed by atoms with E-state index in [9.17, 15) is 8.78 Å². The van der Waals surface area contributed by atoms with Gasteiger partial charge in [0.25, 0.3) is 0 Å². The third-order valence-electron chi connectivity index (χ3n) is 3.58. The van der Waals surface area contributed by atoms with Gasteiger partial charge in [0.05, 0.1) is 13.3 Å². The largest absolute Gasteiger partial charge is 0.496 e. The number of anilines is 2. The average Bonchev–Trinajstić information content (AvgIpc) is 2.56. The van der Waals surface area contributed by atoms with Crippen molar-refractivity contribution in [2.75, 3.05) is 12.4 Å². The van der Waals surface area contributed by atoms with E-state index in [0.29, 0.717) is 17.2 Å². The van der Waals surface area contributed by atoms with Gasteiger partial charge in [-0.1, -0.05) is 0 Å². The van der Waals surface area contributed by atoms with E-state index in [0.717, 1.165) is 17.5 Å². The SMILES string of the molecule is [CH2]c1cc(C)nc(Nc2cc(-c3ccc(F)cc3OC)c(F)cn2)c1. The number of halogens is 2. The molecule has 1 radical (unpaired) electrons. The normalized spacial score (nSPS) is 10.6. The number of aromatic nitrogens is 2. The first-order valence-corrected chi connectivity index (χ1v) is 7.53. The number of ether oxygens (including phenoxy) is 1. The zero-order valence-corrected chi connectivity index (χ0v) is 13.8. The Morgan fingerprint density at radius 3 is 2.56 bits per heavy atom. The minimum absolute atomic E-state index is 0.241. The van der Waals surface area contributed by atoms with Crippen molar-refractivity contribution < 1.29 is 13.5 Å². The van der Waals surface area contributed by atoms with E-state index in [1.54, 1.807) is 6.07 Å². The van der Waals surface area contributed by atoms with Gasteiger partial charge in [-0.3, -0.25) is 0 Å². The lowest BCUT2D eigenvalue weighted by molar-refractivity contribution is 0.412. The van der Waals surface area contributed by atoms with E-state index in [2.05, 4.69) is 22.2 Å². The third kappa shape index (κ3) is 3.74. The van der Waals surface area contributed by atoms with E-state index in [1.807, 2.05) is 13.0 Å². The number of hydrogen-bond acceptors (Lipinski definition) is 4. The second-order valence-electron chi connectivity index (χ2n) is 5.52. The molecule has 127 valence electrons. The fourth-order valence-corrected chi connectivity index (χ4v) is 2.54. The van der Waals surface area contributed by atoms with Crippen LogP contribution < -0.4 is 10.1 Å². The first-order valence-electron chi connectivity index (χ1n) is 7.53. The molecule has 1 N–H and O–H groups in total. The van der Waals surface area contributed by atoms with Crippen LogP contribution in [-0.2, 0) is 0 Å². The molecule has 0 saturated heterocycles. The summed E-state index contributed by atoms with van der Waals surface area (Å²) in [5, 5.41) is 3.03. The molecule has 0 aliphatic heterocycles. The van der Waals surface area contributed by atoms with Gasteiger partial charge in [-0.25, -0.2) is 18.7 Å². The standard InChI is InChI=1S/C19H16F2N3O/c1-11-6-12(2)23-19(7-11)24-18-9-15(16(21)10-22-18)14-5-4-13(20)8-17(14)25-3/h4-10H,1H2,2-3H3,(H,22,23,24). The summed E-state index contributed by atoms with van der Waals surface area (Å²) in [7, 11) is 1.41. The molecule has 0 unspecified atom stereocenters. The predicted octanol–water partition coefficient (Wildman–Crippen LogP) is 4.66. The number of nitrogens with zero attached hydrogens (tertiary/aromatic N) is 2. The molecular formula is C19H16F2N3O. The van der Waals surface area contributed by atoms with E-state index in [4.69, 9.17) is 4.74 Å². The smallest absolute Gasteiger partial charge is 0.149 e. The fourth-order valence-electron chi connectivity index (χ4n) is 2.54. The molecule has 25 heavy (non-hydrogen) atoms. The molecular weight excluding hydrogens is 324 g/mol. The molecule has 1 aromatic carbocycles. The molecule has 0 saturated carbocycles. The van der Waals surface area contributed by atoms with Gasteiger partial charge in [0.2, 0.25) is 0 Å². The minimum atomic E-state index is -0.537. The number of hydrogen-bond donors (Lipinski definition) is 1. The number of benzene rings is 1. The lowest BCUT2D eigenvalue weighted by Crippen LogP contribution is -2.00. The van der Waals surface area contributed by atoms with Gasteiger partial charge in [0.1, 0.15) is 29.0 Å². The minimum Gasteiger partial charge on any atom is -0.496 e. The zero-order chi connectivity index (χ0) is 18.0. The van der Waals surface area contributed by atoms with Crippen LogP contribution in [0.1, 0.15) is 11.3 Å². The van der Waals surface area contributed by atoms with E-state index in [1.165, 1.54) is 31.4 Å². The van der Waals surface area contributed by atoms with Crippen molar-refractivity contribution in [1.82, 2.24) is 9.97 Å². The zero-order valence-electron chi connectivity index (χ0n) is 13.8. The Bertz CT molecular complexity index is 908. The van der Waals surface area contributed by atoms with Crippen LogP contribution >= 0.6 is 0 Å². The van der Waals surface area contributed by atoms with Crippen molar-refractivity contribution in [3.63, 3.8) is 0 Å². The molecule has 3 aromatic rings. The summed E-state index contributed by atoms with van der Waals surface area (Å²) in [6.45, 7) is 5.74. The van der Waals surface area contributed by atoms with Crippen LogP contribution in [0.5, 0.6) is 5.75 Å². The Morgan fingerprint density at radius 1 is 1.04 bits per heavy atom. The van der Waals surface area contributed by atoms with Gasteiger partial charge in [0.15, 0.2) is 0 Å². The lowest BCUT2D eigenvalue weighted by Gasteiger charge is -2.12. The highest BCUT2D eigenvalue weighted by Gasteiger charge is 2.13. The van der Waals surface area contributed by atoms with Gasteiger partial charge in [-0.2, -0.15) is 0 Å². The predicted molar refractivity (Wildman–Crippen MR) is 92.9 cm³/mol. The quantitative estimate of drug-likeness (QED) is 0.750. The summed E-state index contributed by atoms with van der Waals surface area (Å²) in [6.07, 6.45) is 1.10. The Labute approximate surface area is 144 Å². The number of methoxy groups -OCH3 is 1. The monoisotopic (exact) mass is 340 g/mol. The first kappa shape index (κ1) is 16.8. The van der Waals surface area contributed by atoms with Crippen molar-refractivity contribution in [2.24, 2.45) is 0 Å². The van der Waals surface area contributed by atoms with E-state index in [-0.39, 0.29) is 11.3 Å². The molecule has 0 aliphatic carbocycles. The van der Waals surface area contributed by atoms with E-state index >= 15 is 0 Å². The van der Waals surface area contributed by atoms with Crippen molar-refractivity contribution in [3.8, 4) is 16.9 Å². The third-order valence-corrected chi connectivity index (χ3v) is 3.58. The van der Waals surface area contributed by atoms with Gasteiger partial charge in [-0.05, 0) is 49.7 Å². The van der Waals surface area contributed by atoms with Gasteiger partial charge < -0.3 is 10.1 Å². The van der Waals surface area contributed by atoms with Crippen LogP contribution in [0, 0.1) is 25.5 Å². The maximum atomic E-state index is 14.3. The molecule has 6 heteroatoms. The topological polar surface area (TPSA) is 47.0 Å². The van der Waals surface area contributed by atoms with Crippen LogP contribution in [0.2, 0.25) is 0 Å². The molecule has 0 amide bonds. The molecule has 4 nitrogen and oxygen atoms in total. The molecule has 0 fully saturated rings. The second-order valence-corrected chi connectivity index (χ2v) is 5.52. The van der Waals surface area contributed by atoms with Crippen LogP contribution in [0.3, 0.4) is 0 Å². The van der Waals surface area contributed by atoms with Crippen molar-refractivity contribution in [3.05, 3.63) is 72.4 Å². The molecule has 2 aromatic heterocycles. The van der Waals surface area contributed by atoms with Gasteiger partial charge in [0, 0.05) is 22.9 Å². The van der Waals surface area contributed by atoms with Crippen LogP contribution in [0.25, 0.3) is 11.1 Å². The summed E-state index contributed by atoms with van der Waals surface area (Å²) in [4.78, 5) is 8.37.